The van der Waals surface area contributed by atoms with Crippen LogP contribution in [0.5, 0.6) is 0 Å². The predicted molar refractivity (Wildman–Crippen MR) is 69.9 cm³/mol. The molecular weight excluding hydrogens is 262 g/mol. The molecular formula is C13H15N3O4. The zero-order valence-electron chi connectivity index (χ0n) is 10.9. The van der Waals surface area contributed by atoms with Crippen LogP contribution in [0.15, 0.2) is 35.1 Å². The van der Waals surface area contributed by atoms with E-state index in [1.54, 1.807) is 19.2 Å². The molecule has 0 spiro atoms. The summed E-state index contributed by atoms with van der Waals surface area (Å²) < 4.78 is 6.63. The maximum atomic E-state index is 12.1. The molecule has 2 amide bonds. The van der Waals surface area contributed by atoms with Gasteiger partial charge in [-0.25, -0.2) is 0 Å². The Bertz CT molecular complexity index is 616. The first-order valence-corrected chi connectivity index (χ1v) is 5.94. The van der Waals surface area contributed by atoms with E-state index in [0.717, 1.165) is 0 Å². The van der Waals surface area contributed by atoms with Crippen molar-refractivity contribution < 1.29 is 19.1 Å². The average molecular weight is 277 g/mol. The predicted octanol–water partition coefficient (Wildman–Crippen LogP) is 0.180. The highest BCUT2D eigenvalue weighted by atomic mass is 16.3. The summed E-state index contributed by atoms with van der Waals surface area (Å²) in [5, 5.41) is 11.9. The van der Waals surface area contributed by atoms with Gasteiger partial charge in [0.1, 0.15) is 17.5 Å². The van der Waals surface area contributed by atoms with E-state index in [2.05, 4.69) is 5.32 Å². The van der Waals surface area contributed by atoms with E-state index in [4.69, 9.17) is 10.2 Å². The van der Waals surface area contributed by atoms with Gasteiger partial charge < -0.3 is 25.1 Å². The third-order valence-corrected chi connectivity index (χ3v) is 2.90. The number of carbonyl (C=O) groups is 2. The minimum atomic E-state index is -0.649. The summed E-state index contributed by atoms with van der Waals surface area (Å²) in [6.45, 7) is -0.299. The number of aliphatic hydroxyl groups excluding tert-OH is 1. The standard InChI is InChI=1S/C13H15N3O4/c1-16-6-8(12(14)18)5-10(16)13(19)15-9(7-17)11-3-2-4-20-11/h2-6,9,17H,7H2,1H3,(H2,14,18)(H,15,19). The first-order valence-electron chi connectivity index (χ1n) is 5.94. The highest BCUT2D eigenvalue weighted by molar-refractivity contribution is 5.98. The van der Waals surface area contributed by atoms with Crippen LogP contribution in [0.2, 0.25) is 0 Å². The van der Waals surface area contributed by atoms with Crippen molar-refractivity contribution in [3.8, 4) is 0 Å². The van der Waals surface area contributed by atoms with E-state index >= 15 is 0 Å². The number of amides is 2. The van der Waals surface area contributed by atoms with Crippen molar-refractivity contribution in [2.45, 2.75) is 6.04 Å². The highest BCUT2D eigenvalue weighted by Gasteiger charge is 2.20. The Kier molecular flexibility index (Phi) is 3.90. The van der Waals surface area contributed by atoms with Crippen LogP contribution < -0.4 is 11.1 Å². The Balaban J connectivity index is 2.17. The SMILES string of the molecule is Cn1cc(C(N)=O)cc1C(=O)NC(CO)c1ccco1. The Morgan fingerprint density at radius 1 is 1.55 bits per heavy atom. The summed E-state index contributed by atoms with van der Waals surface area (Å²) >= 11 is 0. The van der Waals surface area contributed by atoms with Gasteiger partial charge in [0.05, 0.1) is 18.4 Å². The molecule has 0 fully saturated rings. The molecule has 0 aliphatic rings. The zero-order chi connectivity index (χ0) is 14.7. The average Bonchev–Trinajstić information content (AvgIpc) is 3.04. The molecule has 7 nitrogen and oxygen atoms in total. The molecule has 2 aromatic rings. The molecule has 0 radical (unpaired) electrons. The number of aryl methyl sites for hydroxylation is 1. The topological polar surface area (TPSA) is 110 Å². The lowest BCUT2D eigenvalue weighted by molar-refractivity contribution is 0.0899. The molecule has 4 N–H and O–H groups in total. The van der Waals surface area contributed by atoms with Gasteiger partial charge in [-0.1, -0.05) is 0 Å². The first-order chi connectivity index (χ1) is 9.52. The molecule has 0 saturated heterocycles. The number of nitrogens with two attached hydrogens (primary N) is 1. The molecule has 1 atom stereocenters. The van der Waals surface area contributed by atoms with Crippen LogP contribution in [-0.4, -0.2) is 28.1 Å². The van der Waals surface area contributed by atoms with Gasteiger partial charge in [-0.2, -0.15) is 0 Å². The summed E-state index contributed by atoms with van der Waals surface area (Å²) in [7, 11) is 1.63. The molecule has 20 heavy (non-hydrogen) atoms. The number of hydrogen-bond acceptors (Lipinski definition) is 4. The fourth-order valence-corrected chi connectivity index (χ4v) is 1.85. The number of nitrogens with zero attached hydrogens (tertiary/aromatic N) is 1. The van der Waals surface area contributed by atoms with Gasteiger partial charge in [-0.3, -0.25) is 9.59 Å². The number of primary amides is 1. The van der Waals surface area contributed by atoms with Crippen LogP contribution in [-0.2, 0) is 7.05 Å². The van der Waals surface area contributed by atoms with Crippen molar-refractivity contribution >= 4 is 11.8 Å². The zero-order valence-corrected chi connectivity index (χ0v) is 10.9. The van der Waals surface area contributed by atoms with E-state index < -0.39 is 17.9 Å². The molecule has 0 saturated carbocycles. The van der Waals surface area contributed by atoms with E-state index in [-0.39, 0.29) is 17.9 Å². The maximum Gasteiger partial charge on any atom is 0.268 e. The van der Waals surface area contributed by atoms with Crippen LogP contribution in [0.25, 0.3) is 0 Å². The molecule has 0 aliphatic carbocycles. The van der Waals surface area contributed by atoms with Gasteiger partial charge in [0.25, 0.3) is 5.91 Å². The molecule has 2 rings (SSSR count). The first kappa shape index (κ1) is 13.9. The molecule has 2 heterocycles. The van der Waals surface area contributed by atoms with E-state index in [9.17, 15) is 14.7 Å². The Morgan fingerprint density at radius 2 is 2.30 bits per heavy atom. The maximum absolute atomic E-state index is 12.1. The van der Waals surface area contributed by atoms with Gasteiger partial charge in [0.15, 0.2) is 0 Å². The van der Waals surface area contributed by atoms with Gasteiger partial charge in [0, 0.05) is 13.2 Å². The summed E-state index contributed by atoms with van der Waals surface area (Å²) in [5.41, 5.74) is 5.68. The largest absolute Gasteiger partial charge is 0.467 e. The third-order valence-electron chi connectivity index (χ3n) is 2.90. The van der Waals surface area contributed by atoms with Crippen LogP contribution in [0.3, 0.4) is 0 Å². The number of nitrogens with one attached hydrogen (secondary N) is 1. The van der Waals surface area contributed by atoms with Crippen LogP contribution in [0.1, 0.15) is 32.6 Å². The van der Waals surface area contributed by atoms with Gasteiger partial charge in [-0.05, 0) is 18.2 Å². The lowest BCUT2D eigenvalue weighted by Gasteiger charge is -2.14. The third kappa shape index (κ3) is 2.72. The van der Waals surface area contributed by atoms with Crippen molar-refractivity contribution in [1.29, 1.82) is 0 Å². The fraction of sp³-hybridized carbons (Fsp3) is 0.231. The normalized spacial score (nSPS) is 12.1. The number of hydrogen-bond donors (Lipinski definition) is 3. The van der Waals surface area contributed by atoms with E-state index in [1.165, 1.54) is 23.1 Å². The second-order valence-corrected chi connectivity index (χ2v) is 4.31. The molecule has 7 heteroatoms. The molecule has 2 aromatic heterocycles. The lowest BCUT2D eigenvalue weighted by atomic mass is 10.2. The van der Waals surface area contributed by atoms with Crippen LogP contribution in [0, 0.1) is 0 Å². The van der Waals surface area contributed by atoms with E-state index in [0.29, 0.717) is 5.76 Å². The van der Waals surface area contributed by atoms with Crippen LogP contribution >= 0.6 is 0 Å². The second-order valence-electron chi connectivity index (χ2n) is 4.31. The summed E-state index contributed by atoms with van der Waals surface area (Å²) in [4.78, 5) is 23.2. The number of rotatable bonds is 5. The quantitative estimate of drug-likeness (QED) is 0.724. The van der Waals surface area contributed by atoms with Crippen molar-refractivity contribution in [3.63, 3.8) is 0 Å². The monoisotopic (exact) mass is 277 g/mol. The molecule has 0 bridgehead atoms. The summed E-state index contributed by atoms with van der Waals surface area (Å²) in [6, 6.07) is 4.07. The lowest BCUT2D eigenvalue weighted by Crippen LogP contribution is -2.31. The molecule has 0 aliphatic heterocycles. The van der Waals surface area contributed by atoms with Gasteiger partial charge in [0.2, 0.25) is 5.91 Å². The minimum absolute atomic E-state index is 0.246. The Morgan fingerprint density at radius 3 is 2.80 bits per heavy atom. The Hall–Kier alpha value is -2.54. The van der Waals surface area contributed by atoms with Gasteiger partial charge >= 0.3 is 0 Å². The van der Waals surface area contributed by atoms with Crippen molar-refractivity contribution in [2.24, 2.45) is 12.8 Å². The molecule has 0 aromatic carbocycles. The number of furan rings is 1. The number of aromatic nitrogens is 1. The minimum Gasteiger partial charge on any atom is -0.467 e. The second kappa shape index (κ2) is 5.62. The van der Waals surface area contributed by atoms with Crippen molar-refractivity contribution in [1.82, 2.24) is 9.88 Å². The summed E-state index contributed by atoms with van der Waals surface area (Å²) in [6.07, 6.45) is 2.93. The van der Waals surface area contributed by atoms with E-state index in [1.807, 2.05) is 0 Å². The Labute approximate surface area is 115 Å². The van der Waals surface area contributed by atoms with Gasteiger partial charge in [-0.15, -0.1) is 0 Å². The summed E-state index contributed by atoms with van der Waals surface area (Å²) in [5.74, 6) is -0.593. The smallest absolute Gasteiger partial charge is 0.268 e. The van der Waals surface area contributed by atoms with Crippen LogP contribution in [0.4, 0.5) is 0 Å². The van der Waals surface area contributed by atoms with Crippen molar-refractivity contribution in [3.05, 3.63) is 47.7 Å². The highest BCUT2D eigenvalue weighted by Crippen LogP contribution is 2.14. The number of carbonyl (C=O) groups excluding carboxylic acids is 2. The molecule has 1 unspecified atom stereocenters. The van der Waals surface area contributed by atoms with Crippen molar-refractivity contribution in [2.75, 3.05) is 6.61 Å². The fourth-order valence-electron chi connectivity index (χ4n) is 1.85. The molecule has 106 valence electrons. The number of aliphatic hydroxyl groups is 1.